The highest BCUT2D eigenvalue weighted by atomic mass is 35.5. The third-order valence-electron chi connectivity index (χ3n) is 4.48. The highest BCUT2D eigenvalue weighted by molar-refractivity contribution is 6.33. The molecule has 0 spiro atoms. The summed E-state index contributed by atoms with van der Waals surface area (Å²) in [6.45, 7) is 7.18. The van der Waals surface area contributed by atoms with E-state index >= 15 is 0 Å². The fourth-order valence-corrected chi connectivity index (χ4v) is 3.55. The number of halogens is 1. The molecule has 6 heteroatoms. The van der Waals surface area contributed by atoms with Crippen molar-refractivity contribution in [2.24, 2.45) is 0 Å². The van der Waals surface area contributed by atoms with E-state index < -0.39 is 0 Å². The molecule has 0 atom stereocenters. The van der Waals surface area contributed by atoms with Crippen LogP contribution < -0.4 is 5.32 Å². The topological polar surface area (TPSA) is 50.2 Å². The van der Waals surface area contributed by atoms with Gasteiger partial charge in [-0.2, -0.15) is 5.10 Å². The summed E-state index contributed by atoms with van der Waals surface area (Å²) < 4.78 is 1.71. The number of benzene rings is 1. The molecule has 0 unspecified atom stereocenters. The molecule has 134 valence electrons. The standard InChI is InChI=1S/C19H25ClN4O/c1-19(2,14-23-10-4-3-5-11-23)22-18(25)16-13-15(7-8-17(16)20)24-12-6-9-21-24/h6-9,12-13H,3-5,10-11,14H2,1-2H3,(H,22,25). The smallest absolute Gasteiger partial charge is 0.253 e. The van der Waals surface area contributed by atoms with E-state index in [-0.39, 0.29) is 11.4 Å². The van der Waals surface area contributed by atoms with E-state index in [2.05, 4.69) is 29.2 Å². The van der Waals surface area contributed by atoms with Crippen molar-refractivity contribution in [2.45, 2.75) is 38.6 Å². The second-order valence-corrected chi connectivity index (χ2v) is 7.70. The predicted molar refractivity (Wildman–Crippen MR) is 100 cm³/mol. The Morgan fingerprint density at radius 2 is 2.04 bits per heavy atom. The molecule has 1 aromatic carbocycles. The fraction of sp³-hybridized carbons (Fsp3) is 0.474. The van der Waals surface area contributed by atoms with Gasteiger partial charge in [0.15, 0.2) is 0 Å². The average Bonchev–Trinajstić information content (AvgIpc) is 3.09. The van der Waals surface area contributed by atoms with E-state index in [1.165, 1.54) is 19.3 Å². The Bertz CT molecular complexity index is 721. The van der Waals surface area contributed by atoms with Crippen LogP contribution in [0.15, 0.2) is 36.7 Å². The van der Waals surface area contributed by atoms with Crippen LogP contribution in [-0.2, 0) is 0 Å². The third-order valence-corrected chi connectivity index (χ3v) is 4.81. The first kappa shape index (κ1) is 18.0. The zero-order valence-electron chi connectivity index (χ0n) is 14.8. The second-order valence-electron chi connectivity index (χ2n) is 7.29. The molecule has 1 amide bonds. The van der Waals surface area contributed by atoms with Crippen molar-refractivity contribution in [2.75, 3.05) is 19.6 Å². The summed E-state index contributed by atoms with van der Waals surface area (Å²) in [5.41, 5.74) is 0.967. The van der Waals surface area contributed by atoms with Gasteiger partial charge in [-0.25, -0.2) is 4.68 Å². The lowest BCUT2D eigenvalue weighted by Crippen LogP contribution is -2.52. The molecule has 5 nitrogen and oxygen atoms in total. The minimum absolute atomic E-state index is 0.152. The molecule has 3 rings (SSSR count). The van der Waals surface area contributed by atoms with Crippen LogP contribution >= 0.6 is 11.6 Å². The van der Waals surface area contributed by atoms with Crippen molar-refractivity contribution in [3.05, 3.63) is 47.2 Å². The maximum Gasteiger partial charge on any atom is 0.253 e. The van der Waals surface area contributed by atoms with Crippen LogP contribution in [0.1, 0.15) is 43.5 Å². The van der Waals surface area contributed by atoms with Gasteiger partial charge in [0.1, 0.15) is 0 Å². The number of carbonyl (C=O) groups is 1. The number of rotatable bonds is 5. The molecule has 1 fully saturated rings. The molecule has 1 aromatic heterocycles. The summed E-state index contributed by atoms with van der Waals surface area (Å²) in [6, 6.07) is 7.22. The Morgan fingerprint density at radius 1 is 1.28 bits per heavy atom. The van der Waals surface area contributed by atoms with Crippen LogP contribution in [0.5, 0.6) is 0 Å². The minimum Gasteiger partial charge on any atom is -0.346 e. The molecule has 0 aliphatic carbocycles. The number of carbonyl (C=O) groups excluding carboxylic acids is 1. The van der Waals surface area contributed by atoms with Gasteiger partial charge in [0.2, 0.25) is 0 Å². The van der Waals surface area contributed by atoms with Crippen molar-refractivity contribution >= 4 is 17.5 Å². The van der Waals surface area contributed by atoms with Gasteiger partial charge in [-0.3, -0.25) is 4.79 Å². The lowest BCUT2D eigenvalue weighted by molar-refractivity contribution is 0.0878. The van der Waals surface area contributed by atoms with Gasteiger partial charge in [0.05, 0.1) is 16.3 Å². The molecule has 2 aromatic rings. The van der Waals surface area contributed by atoms with Crippen LogP contribution in [0.25, 0.3) is 5.69 Å². The maximum absolute atomic E-state index is 12.8. The number of hydrogen-bond donors (Lipinski definition) is 1. The summed E-state index contributed by atoms with van der Waals surface area (Å²) in [5, 5.41) is 7.79. The van der Waals surface area contributed by atoms with Crippen molar-refractivity contribution in [1.82, 2.24) is 20.0 Å². The zero-order valence-corrected chi connectivity index (χ0v) is 15.6. The lowest BCUT2D eigenvalue weighted by atomic mass is 10.0. The molecule has 1 saturated heterocycles. The van der Waals surface area contributed by atoms with Gasteiger partial charge in [-0.05, 0) is 64.0 Å². The predicted octanol–water partition coefficient (Wildman–Crippen LogP) is 3.52. The van der Waals surface area contributed by atoms with Gasteiger partial charge in [-0.15, -0.1) is 0 Å². The molecule has 1 aliphatic heterocycles. The van der Waals surface area contributed by atoms with Gasteiger partial charge in [0, 0.05) is 24.5 Å². The molecule has 2 heterocycles. The Hall–Kier alpha value is -1.85. The van der Waals surface area contributed by atoms with Crippen molar-refractivity contribution < 1.29 is 4.79 Å². The van der Waals surface area contributed by atoms with E-state index in [0.29, 0.717) is 10.6 Å². The number of likely N-dealkylation sites (tertiary alicyclic amines) is 1. The van der Waals surface area contributed by atoms with Crippen LogP contribution in [0.2, 0.25) is 5.02 Å². The monoisotopic (exact) mass is 360 g/mol. The maximum atomic E-state index is 12.8. The largest absolute Gasteiger partial charge is 0.346 e. The Kier molecular flexibility index (Phi) is 5.45. The van der Waals surface area contributed by atoms with Gasteiger partial charge < -0.3 is 10.2 Å². The van der Waals surface area contributed by atoms with Crippen molar-refractivity contribution in [1.29, 1.82) is 0 Å². The Balaban J connectivity index is 1.72. The number of aromatic nitrogens is 2. The highest BCUT2D eigenvalue weighted by Gasteiger charge is 2.26. The number of nitrogens with one attached hydrogen (secondary N) is 1. The van der Waals surface area contributed by atoms with Crippen molar-refractivity contribution in [3.63, 3.8) is 0 Å². The molecule has 0 radical (unpaired) electrons. The van der Waals surface area contributed by atoms with Crippen molar-refractivity contribution in [3.8, 4) is 5.69 Å². The van der Waals surface area contributed by atoms with E-state index in [4.69, 9.17) is 11.6 Å². The number of nitrogens with zero attached hydrogens (tertiary/aromatic N) is 3. The van der Waals surface area contributed by atoms with Crippen LogP contribution in [0.4, 0.5) is 0 Å². The minimum atomic E-state index is -0.320. The first-order valence-corrected chi connectivity index (χ1v) is 9.17. The molecule has 25 heavy (non-hydrogen) atoms. The first-order valence-electron chi connectivity index (χ1n) is 8.79. The number of piperidine rings is 1. The van der Waals surface area contributed by atoms with Gasteiger partial charge >= 0.3 is 0 Å². The van der Waals surface area contributed by atoms with E-state index in [9.17, 15) is 4.79 Å². The third kappa shape index (κ3) is 4.61. The SMILES string of the molecule is CC(C)(CN1CCCCC1)NC(=O)c1cc(-n2cccn2)ccc1Cl. The summed E-state index contributed by atoms with van der Waals surface area (Å²) in [5.74, 6) is -0.152. The summed E-state index contributed by atoms with van der Waals surface area (Å²) >= 11 is 6.27. The quantitative estimate of drug-likeness (QED) is 0.887. The summed E-state index contributed by atoms with van der Waals surface area (Å²) in [6.07, 6.45) is 7.32. The molecule has 1 N–H and O–H groups in total. The second kappa shape index (κ2) is 7.58. The fourth-order valence-electron chi connectivity index (χ4n) is 3.34. The highest BCUT2D eigenvalue weighted by Crippen LogP contribution is 2.21. The summed E-state index contributed by atoms with van der Waals surface area (Å²) in [4.78, 5) is 15.2. The molecular formula is C19H25ClN4O. The molecule has 0 saturated carbocycles. The van der Waals surface area contributed by atoms with E-state index in [1.807, 2.05) is 18.3 Å². The normalized spacial score (nSPS) is 16.0. The van der Waals surface area contributed by atoms with Crippen LogP contribution in [-0.4, -0.2) is 45.8 Å². The first-order chi connectivity index (χ1) is 11.9. The molecule has 0 bridgehead atoms. The van der Waals surface area contributed by atoms with Crippen LogP contribution in [0.3, 0.4) is 0 Å². The number of hydrogen-bond acceptors (Lipinski definition) is 3. The Morgan fingerprint density at radius 3 is 2.72 bits per heavy atom. The zero-order chi connectivity index (χ0) is 17.9. The van der Waals surface area contributed by atoms with E-state index in [0.717, 1.165) is 25.3 Å². The lowest BCUT2D eigenvalue weighted by Gasteiger charge is -2.35. The van der Waals surface area contributed by atoms with E-state index in [1.54, 1.807) is 23.0 Å². The number of amides is 1. The van der Waals surface area contributed by atoms with Gasteiger partial charge in [0.25, 0.3) is 5.91 Å². The van der Waals surface area contributed by atoms with Gasteiger partial charge in [-0.1, -0.05) is 18.0 Å². The summed E-state index contributed by atoms with van der Waals surface area (Å²) in [7, 11) is 0. The van der Waals surface area contributed by atoms with Crippen LogP contribution in [0, 0.1) is 0 Å². The Labute approximate surface area is 154 Å². The average molecular weight is 361 g/mol. The molecular weight excluding hydrogens is 336 g/mol. The molecule has 1 aliphatic rings.